The summed E-state index contributed by atoms with van der Waals surface area (Å²) in [5.41, 5.74) is 4.18. The first-order valence-electron chi connectivity index (χ1n) is 10.4. The second kappa shape index (κ2) is 9.77. The van der Waals surface area contributed by atoms with Crippen LogP contribution in [0.3, 0.4) is 0 Å². The fourth-order valence-electron chi connectivity index (χ4n) is 3.68. The summed E-state index contributed by atoms with van der Waals surface area (Å²) in [6.07, 6.45) is 1.84. The van der Waals surface area contributed by atoms with Crippen LogP contribution in [-0.2, 0) is 6.54 Å². The Bertz CT molecular complexity index is 1630. The summed E-state index contributed by atoms with van der Waals surface area (Å²) in [6.45, 7) is 0.384. The summed E-state index contributed by atoms with van der Waals surface area (Å²) in [7, 11) is 0. The number of nitrogens with one attached hydrogen (secondary N) is 1. The third-order valence-corrected chi connectivity index (χ3v) is 7.11. The van der Waals surface area contributed by atoms with Crippen LogP contribution in [0.25, 0.3) is 27.5 Å². The van der Waals surface area contributed by atoms with E-state index in [9.17, 15) is 10.5 Å². The topological polar surface area (TPSA) is 103 Å². The molecule has 170 valence electrons. The lowest BCUT2D eigenvalue weighted by Crippen LogP contribution is -2.04. The largest absolute Gasteiger partial charge is 0.362 e. The smallest absolute Gasteiger partial charge is 0.177 e. The summed E-state index contributed by atoms with van der Waals surface area (Å²) < 4.78 is 1.54. The number of nitrogens with zero attached hydrogens (tertiary/aromatic N) is 6. The van der Waals surface area contributed by atoms with E-state index in [1.54, 1.807) is 28.0 Å². The molecule has 0 atom stereocenters. The van der Waals surface area contributed by atoms with Crippen molar-refractivity contribution in [1.82, 2.24) is 19.6 Å². The summed E-state index contributed by atoms with van der Waals surface area (Å²) in [4.78, 5) is 9.29. The molecule has 0 fully saturated rings. The summed E-state index contributed by atoms with van der Waals surface area (Å²) >= 11 is 9.14. The van der Waals surface area contributed by atoms with E-state index in [1.165, 1.54) is 11.8 Å². The Hall–Kier alpha value is -3.89. The Balaban J connectivity index is 1.57. The molecular weight excluding hydrogens is 498 g/mol. The van der Waals surface area contributed by atoms with Crippen LogP contribution in [0.1, 0.15) is 16.8 Å². The molecule has 10 heteroatoms. The number of hydrogen-bond acceptors (Lipinski definition) is 8. The van der Waals surface area contributed by atoms with E-state index in [2.05, 4.69) is 27.5 Å². The van der Waals surface area contributed by atoms with Gasteiger partial charge in [-0.25, -0.2) is 14.5 Å². The molecule has 0 radical (unpaired) electrons. The molecule has 0 unspecified atom stereocenters. The number of rotatable bonds is 6. The van der Waals surface area contributed by atoms with Crippen LogP contribution >= 0.6 is 34.7 Å². The van der Waals surface area contributed by atoms with Gasteiger partial charge in [0.2, 0.25) is 0 Å². The molecule has 0 saturated heterocycles. The molecule has 3 heterocycles. The number of thiazole rings is 1. The van der Waals surface area contributed by atoms with E-state index < -0.39 is 0 Å². The van der Waals surface area contributed by atoms with Gasteiger partial charge in [-0.05, 0) is 18.4 Å². The third-order valence-electron chi connectivity index (χ3n) is 5.26. The second-order valence-corrected chi connectivity index (χ2v) is 9.49. The van der Waals surface area contributed by atoms with Crippen molar-refractivity contribution >= 4 is 46.2 Å². The fourth-order valence-corrected chi connectivity index (χ4v) is 5.22. The van der Waals surface area contributed by atoms with E-state index in [0.29, 0.717) is 50.4 Å². The Morgan fingerprint density at radius 1 is 1.03 bits per heavy atom. The van der Waals surface area contributed by atoms with Gasteiger partial charge >= 0.3 is 0 Å². The van der Waals surface area contributed by atoms with Crippen LogP contribution in [0.2, 0.25) is 5.02 Å². The number of thioether (sulfide) groups is 1. The highest BCUT2D eigenvalue weighted by Crippen LogP contribution is 2.34. The van der Waals surface area contributed by atoms with Crippen LogP contribution in [0, 0.1) is 22.7 Å². The van der Waals surface area contributed by atoms with E-state index >= 15 is 0 Å². The highest BCUT2D eigenvalue weighted by Gasteiger charge is 2.23. The highest BCUT2D eigenvalue weighted by molar-refractivity contribution is 7.98. The van der Waals surface area contributed by atoms with Crippen LogP contribution in [-0.4, -0.2) is 25.8 Å². The lowest BCUT2D eigenvalue weighted by atomic mass is 10.1. The van der Waals surface area contributed by atoms with E-state index in [0.717, 1.165) is 16.3 Å². The lowest BCUT2D eigenvalue weighted by molar-refractivity contribution is 0.911. The molecule has 0 saturated carbocycles. The molecule has 5 rings (SSSR count). The van der Waals surface area contributed by atoms with Crippen molar-refractivity contribution in [2.24, 2.45) is 0 Å². The molecule has 0 bridgehead atoms. The normalized spacial score (nSPS) is 10.7. The quantitative estimate of drug-likeness (QED) is 0.211. The van der Waals surface area contributed by atoms with Crippen LogP contribution in [0.5, 0.6) is 0 Å². The fraction of sp³-hybridized carbons (Fsp3) is 0.0800. The predicted octanol–water partition coefficient (Wildman–Crippen LogP) is 6.25. The number of anilines is 1. The van der Waals surface area contributed by atoms with Gasteiger partial charge in [0.15, 0.2) is 11.5 Å². The molecule has 35 heavy (non-hydrogen) atoms. The Labute approximate surface area is 214 Å². The van der Waals surface area contributed by atoms with Crippen molar-refractivity contribution in [1.29, 1.82) is 10.5 Å². The summed E-state index contributed by atoms with van der Waals surface area (Å²) in [5.74, 6) is 0.375. The standard InChI is InChI=1S/C25H16ClN7S2/c1-34-25-19(11-27)21(16-8-5-9-17(26)10-16)33-23(31-25)20(12-28)22(32-33)29-13-18-14-35-24(30-18)15-6-3-2-4-7-15/h2-10,14H,13H2,1H3,(H,29,32). The maximum absolute atomic E-state index is 9.96. The lowest BCUT2D eigenvalue weighted by Gasteiger charge is -2.10. The zero-order valence-corrected chi connectivity index (χ0v) is 20.7. The minimum Gasteiger partial charge on any atom is -0.362 e. The van der Waals surface area contributed by atoms with Gasteiger partial charge in [-0.15, -0.1) is 28.2 Å². The summed E-state index contributed by atoms with van der Waals surface area (Å²) in [6, 6.07) is 21.6. The number of hydrogen-bond donors (Lipinski definition) is 1. The maximum Gasteiger partial charge on any atom is 0.177 e. The molecule has 3 aromatic heterocycles. The van der Waals surface area contributed by atoms with E-state index in [-0.39, 0.29) is 0 Å². The number of fused-ring (bicyclic) bond motifs is 1. The van der Waals surface area contributed by atoms with Crippen molar-refractivity contribution in [3.8, 4) is 34.0 Å². The third kappa shape index (κ3) is 4.33. The Morgan fingerprint density at radius 2 is 1.80 bits per heavy atom. The van der Waals surface area contributed by atoms with E-state index in [4.69, 9.17) is 16.6 Å². The molecule has 0 spiro atoms. The summed E-state index contributed by atoms with van der Waals surface area (Å²) in [5, 5.41) is 31.7. The Kier molecular flexibility index (Phi) is 6.39. The second-order valence-electron chi connectivity index (χ2n) is 7.40. The van der Waals surface area contributed by atoms with Gasteiger partial charge < -0.3 is 5.32 Å². The predicted molar refractivity (Wildman–Crippen MR) is 140 cm³/mol. The molecule has 0 amide bonds. The average Bonchev–Trinajstić information content (AvgIpc) is 3.50. The monoisotopic (exact) mass is 513 g/mol. The zero-order chi connectivity index (χ0) is 24.4. The number of benzene rings is 2. The molecular formula is C25H16ClN7S2. The van der Waals surface area contributed by atoms with Gasteiger partial charge in [0.25, 0.3) is 0 Å². The van der Waals surface area contributed by atoms with E-state index in [1.807, 2.05) is 54.1 Å². The van der Waals surface area contributed by atoms with Crippen molar-refractivity contribution < 1.29 is 0 Å². The number of aromatic nitrogens is 4. The van der Waals surface area contributed by atoms with Crippen molar-refractivity contribution in [2.75, 3.05) is 11.6 Å². The molecule has 0 aliphatic carbocycles. The van der Waals surface area contributed by atoms with Gasteiger partial charge in [-0.1, -0.05) is 54.1 Å². The number of nitriles is 2. The molecule has 0 aliphatic rings. The van der Waals surface area contributed by atoms with Crippen molar-refractivity contribution in [3.05, 3.63) is 81.8 Å². The SMILES string of the molecule is CSc1nc2c(C#N)c(NCc3csc(-c4ccccc4)n3)nn2c(-c2cccc(Cl)c2)c1C#N. The molecule has 5 aromatic rings. The minimum absolute atomic E-state index is 0.298. The van der Waals surface area contributed by atoms with Crippen molar-refractivity contribution in [3.63, 3.8) is 0 Å². The average molecular weight is 514 g/mol. The van der Waals surface area contributed by atoms with Crippen LogP contribution in [0.4, 0.5) is 5.82 Å². The van der Waals surface area contributed by atoms with Gasteiger partial charge in [0.05, 0.1) is 17.9 Å². The molecule has 1 N–H and O–H groups in total. The van der Waals surface area contributed by atoms with Gasteiger partial charge in [0, 0.05) is 21.5 Å². The Morgan fingerprint density at radius 3 is 2.51 bits per heavy atom. The van der Waals surface area contributed by atoms with Crippen molar-refractivity contribution in [2.45, 2.75) is 11.6 Å². The first kappa shape index (κ1) is 22.9. The first-order chi connectivity index (χ1) is 17.1. The number of halogens is 1. The van der Waals surface area contributed by atoms with Gasteiger partial charge in [-0.3, -0.25) is 0 Å². The van der Waals surface area contributed by atoms with Crippen LogP contribution < -0.4 is 5.32 Å². The molecule has 7 nitrogen and oxygen atoms in total. The van der Waals surface area contributed by atoms with Gasteiger partial charge in [-0.2, -0.15) is 10.5 Å². The zero-order valence-electron chi connectivity index (χ0n) is 18.4. The first-order valence-corrected chi connectivity index (χ1v) is 12.9. The highest BCUT2D eigenvalue weighted by atomic mass is 35.5. The maximum atomic E-state index is 9.96. The molecule has 0 aliphatic heterocycles. The molecule has 2 aromatic carbocycles. The minimum atomic E-state index is 0.298. The van der Waals surface area contributed by atoms with Crippen LogP contribution in [0.15, 0.2) is 65.0 Å². The van der Waals surface area contributed by atoms with Gasteiger partial charge in [0.1, 0.15) is 33.3 Å².